The van der Waals surface area contributed by atoms with E-state index in [2.05, 4.69) is 39.2 Å². The largest absolute Gasteiger partial charge is 0.414 e. The lowest BCUT2D eigenvalue weighted by molar-refractivity contribution is 0.113. The van der Waals surface area contributed by atoms with E-state index in [1.165, 1.54) is 44.2 Å². The number of hydrogen-bond donors (Lipinski definition) is 2. The van der Waals surface area contributed by atoms with E-state index in [0.717, 1.165) is 18.9 Å². The Bertz CT molecular complexity index is 595. The highest BCUT2D eigenvalue weighted by Gasteiger charge is 2.39. The number of rotatable bonds is 9. The van der Waals surface area contributed by atoms with Gasteiger partial charge >= 0.3 is 0 Å². The lowest BCUT2D eigenvalue weighted by Gasteiger charge is -2.41. The Hall–Kier alpha value is -0.753. The van der Waals surface area contributed by atoms with Gasteiger partial charge in [0.2, 0.25) is 0 Å². The van der Waals surface area contributed by atoms with Crippen LogP contribution < -0.4 is 5.32 Å². The molecule has 0 bridgehead atoms. The topological polar surface area (TPSA) is 41.5 Å². The standard InChI is InChI=1S/C23H40FNO2Si/c1-23(2,3)28(4,5)27-21-13-11-18(12-14-21)8-7-15-25-17-22(26)19-9-6-10-20(24)16-19/h6,9-10,16,18,21-22,25-26H,7-8,11-15,17H2,1-5H3. The van der Waals surface area contributed by atoms with Crippen molar-refractivity contribution in [1.82, 2.24) is 5.32 Å². The van der Waals surface area contributed by atoms with Gasteiger partial charge in [-0.3, -0.25) is 0 Å². The smallest absolute Gasteiger partial charge is 0.192 e. The highest BCUT2D eigenvalue weighted by Crippen LogP contribution is 2.40. The van der Waals surface area contributed by atoms with E-state index in [1.54, 1.807) is 12.1 Å². The molecule has 28 heavy (non-hydrogen) atoms. The van der Waals surface area contributed by atoms with Crippen LogP contribution in [0.3, 0.4) is 0 Å². The molecule has 5 heteroatoms. The van der Waals surface area contributed by atoms with Gasteiger partial charge in [-0.2, -0.15) is 0 Å². The summed E-state index contributed by atoms with van der Waals surface area (Å²) in [5.41, 5.74) is 0.632. The van der Waals surface area contributed by atoms with Gasteiger partial charge < -0.3 is 14.8 Å². The van der Waals surface area contributed by atoms with Gasteiger partial charge in [-0.1, -0.05) is 32.9 Å². The molecule has 1 aromatic rings. The van der Waals surface area contributed by atoms with E-state index in [0.29, 0.717) is 18.2 Å². The molecule has 1 aliphatic carbocycles. The number of halogens is 1. The first kappa shape index (κ1) is 23.5. The van der Waals surface area contributed by atoms with E-state index in [-0.39, 0.29) is 10.9 Å². The summed E-state index contributed by atoms with van der Waals surface area (Å²) in [4.78, 5) is 0. The Morgan fingerprint density at radius 3 is 2.50 bits per heavy atom. The molecule has 1 unspecified atom stereocenters. The molecule has 0 radical (unpaired) electrons. The average Bonchev–Trinajstić information content (AvgIpc) is 2.61. The van der Waals surface area contributed by atoms with Gasteiger partial charge in [-0.25, -0.2) is 4.39 Å². The fraction of sp³-hybridized carbons (Fsp3) is 0.739. The minimum absolute atomic E-state index is 0.283. The minimum Gasteiger partial charge on any atom is -0.414 e. The Morgan fingerprint density at radius 2 is 1.89 bits per heavy atom. The predicted octanol–water partition coefficient (Wildman–Crippen LogP) is 5.81. The van der Waals surface area contributed by atoms with Crippen LogP contribution in [0.5, 0.6) is 0 Å². The zero-order chi connectivity index (χ0) is 20.8. The molecule has 1 aliphatic rings. The number of aliphatic hydroxyl groups excluding tert-OH is 1. The summed E-state index contributed by atoms with van der Waals surface area (Å²) in [6.07, 6.45) is 7.09. The van der Waals surface area contributed by atoms with Crippen LogP contribution in [0, 0.1) is 11.7 Å². The van der Waals surface area contributed by atoms with Crippen LogP contribution in [0.1, 0.15) is 71.0 Å². The molecule has 0 aliphatic heterocycles. The highest BCUT2D eigenvalue weighted by molar-refractivity contribution is 6.74. The van der Waals surface area contributed by atoms with Crippen molar-refractivity contribution in [3.8, 4) is 0 Å². The molecule has 1 fully saturated rings. The van der Waals surface area contributed by atoms with Gasteiger partial charge in [0.1, 0.15) is 5.82 Å². The molecule has 1 saturated carbocycles. The summed E-state index contributed by atoms with van der Waals surface area (Å²) < 4.78 is 19.8. The fourth-order valence-electron chi connectivity index (χ4n) is 3.72. The minimum atomic E-state index is -1.65. The zero-order valence-corrected chi connectivity index (χ0v) is 19.4. The van der Waals surface area contributed by atoms with Crippen molar-refractivity contribution in [1.29, 1.82) is 0 Å². The third kappa shape index (κ3) is 7.25. The molecule has 2 rings (SSSR count). The maximum atomic E-state index is 13.2. The highest BCUT2D eigenvalue weighted by atomic mass is 28.4. The molecule has 2 N–H and O–H groups in total. The summed E-state index contributed by atoms with van der Waals surface area (Å²) in [7, 11) is -1.65. The number of nitrogens with one attached hydrogen (secondary N) is 1. The third-order valence-corrected chi connectivity index (χ3v) is 11.1. The summed E-state index contributed by atoms with van der Waals surface area (Å²) >= 11 is 0. The van der Waals surface area contributed by atoms with E-state index in [1.807, 2.05) is 0 Å². The number of aliphatic hydroxyl groups is 1. The predicted molar refractivity (Wildman–Crippen MR) is 117 cm³/mol. The van der Waals surface area contributed by atoms with Crippen molar-refractivity contribution in [2.45, 2.75) is 89.6 Å². The Kier molecular flexibility index (Phi) is 8.68. The Labute approximate surface area is 172 Å². The van der Waals surface area contributed by atoms with Gasteiger partial charge in [-0.15, -0.1) is 0 Å². The quantitative estimate of drug-likeness (QED) is 0.399. The van der Waals surface area contributed by atoms with Crippen LogP contribution in [0.25, 0.3) is 0 Å². The van der Waals surface area contributed by atoms with Gasteiger partial charge in [0.15, 0.2) is 8.32 Å². The zero-order valence-electron chi connectivity index (χ0n) is 18.4. The van der Waals surface area contributed by atoms with Crippen molar-refractivity contribution < 1.29 is 13.9 Å². The lowest BCUT2D eigenvalue weighted by Crippen LogP contribution is -2.44. The van der Waals surface area contributed by atoms with Crippen LogP contribution in [0.15, 0.2) is 24.3 Å². The van der Waals surface area contributed by atoms with Crippen LogP contribution in [0.4, 0.5) is 4.39 Å². The second kappa shape index (κ2) is 10.3. The van der Waals surface area contributed by atoms with Gasteiger partial charge in [0.25, 0.3) is 0 Å². The second-order valence-electron chi connectivity index (χ2n) is 9.94. The maximum absolute atomic E-state index is 13.2. The first-order chi connectivity index (χ1) is 13.1. The Balaban J connectivity index is 1.59. The molecule has 3 nitrogen and oxygen atoms in total. The molecule has 1 aromatic carbocycles. The van der Waals surface area contributed by atoms with Crippen LogP contribution in [-0.2, 0) is 4.43 Å². The van der Waals surface area contributed by atoms with E-state index < -0.39 is 14.4 Å². The molecular formula is C23H40FNO2Si. The maximum Gasteiger partial charge on any atom is 0.192 e. The summed E-state index contributed by atoms with van der Waals surface area (Å²) in [5.74, 6) is 0.499. The van der Waals surface area contributed by atoms with Gasteiger partial charge in [0, 0.05) is 12.6 Å². The van der Waals surface area contributed by atoms with Crippen molar-refractivity contribution >= 4 is 8.32 Å². The second-order valence-corrected chi connectivity index (χ2v) is 14.7. The first-order valence-corrected chi connectivity index (χ1v) is 13.8. The van der Waals surface area contributed by atoms with Crippen LogP contribution in [0.2, 0.25) is 18.1 Å². The van der Waals surface area contributed by atoms with Crippen molar-refractivity contribution in [2.75, 3.05) is 13.1 Å². The molecule has 0 heterocycles. The van der Waals surface area contributed by atoms with Crippen LogP contribution in [-0.4, -0.2) is 32.6 Å². The average molecular weight is 410 g/mol. The summed E-state index contributed by atoms with van der Waals surface area (Å²) in [6.45, 7) is 13.0. The SMILES string of the molecule is CC(C)(C)[Si](C)(C)OC1CCC(CCCNCC(O)c2cccc(F)c2)CC1. The summed E-state index contributed by atoms with van der Waals surface area (Å²) in [5, 5.41) is 13.7. The van der Waals surface area contributed by atoms with E-state index >= 15 is 0 Å². The Morgan fingerprint density at radius 1 is 1.21 bits per heavy atom. The lowest BCUT2D eigenvalue weighted by atomic mass is 9.84. The first-order valence-electron chi connectivity index (χ1n) is 10.9. The summed E-state index contributed by atoms with van der Waals surface area (Å²) in [6, 6.07) is 6.20. The number of hydrogen-bond acceptors (Lipinski definition) is 3. The van der Waals surface area contributed by atoms with Gasteiger partial charge in [0.05, 0.1) is 6.10 Å². The van der Waals surface area contributed by atoms with Crippen molar-refractivity contribution in [3.63, 3.8) is 0 Å². The molecule has 0 spiro atoms. The molecule has 0 aromatic heterocycles. The van der Waals surface area contributed by atoms with E-state index in [4.69, 9.17) is 4.43 Å². The van der Waals surface area contributed by atoms with Crippen molar-refractivity contribution in [2.24, 2.45) is 5.92 Å². The molecule has 0 amide bonds. The third-order valence-electron chi connectivity index (χ3n) is 6.60. The molecule has 160 valence electrons. The molecular weight excluding hydrogens is 369 g/mol. The normalized spacial score (nSPS) is 22.2. The molecule has 0 saturated heterocycles. The molecule has 1 atom stereocenters. The number of benzene rings is 1. The monoisotopic (exact) mass is 409 g/mol. The van der Waals surface area contributed by atoms with Crippen molar-refractivity contribution in [3.05, 3.63) is 35.6 Å². The van der Waals surface area contributed by atoms with E-state index in [9.17, 15) is 9.50 Å². The van der Waals surface area contributed by atoms with Gasteiger partial charge in [-0.05, 0) is 86.8 Å². The fourth-order valence-corrected chi connectivity index (χ4v) is 5.14. The van der Waals surface area contributed by atoms with Crippen LogP contribution >= 0.6 is 0 Å².